The molecule has 2 fully saturated rings. The van der Waals surface area contributed by atoms with Crippen molar-refractivity contribution in [2.24, 2.45) is 5.92 Å². The maximum atomic E-state index is 13.4. The lowest BCUT2D eigenvalue weighted by molar-refractivity contribution is -0.138. The number of carbonyl (C=O) groups excluding carboxylic acids is 1. The van der Waals surface area contributed by atoms with Gasteiger partial charge in [0, 0.05) is 54.8 Å². The number of piperidine rings is 2. The molecule has 1 unspecified atom stereocenters. The van der Waals surface area contributed by atoms with Crippen LogP contribution in [0.25, 0.3) is 11.0 Å². The van der Waals surface area contributed by atoms with Gasteiger partial charge in [-0.15, -0.1) is 0 Å². The van der Waals surface area contributed by atoms with Gasteiger partial charge in [0.15, 0.2) is 5.16 Å². The first kappa shape index (κ1) is 26.0. The number of hydrogen-bond acceptors (Lipinski definition) is 7. The minimum atomic E-state index is 0.129. The molecule has 0 aliphatic carbocycles. The molecule has 2 aliphatic rings. The first-order valence-corrected chi connectivity index (χ1v) is 14.5. The number of hydrogen-bond donors (Lipinski definition) is 1. The van der Waals surface area contributed by atoms with E-state index in [1.807, 2.05) is 11.8 Å². The van der Waals surface area contributed by atoms with Crippen LogP contribution in [0.15, 0.2) is 35.7 Å². The van der Waals surface area contributed by atoms with E-state index >= 15 is 0 Å². The molecule has 1 aromatic carbocycles. The van der Waals surface area contributed by atoms with Crippen molar-refractivity contribution in [1.82, 2.24) is 29.3 Å². The van der Waals surface area contributed by atoms with Gasteiger partial charge in [0.1, 0.15) is 0 Å². The summed E-state index contributed by atoms with van der Waals surface area (Å²) in [7, 11) is 0. The average Bonchev–Trinajstić information content (AvgIpc) is 3.26. The summed E-state index contributed by atoms with van der Waals surface area (Å²) in [5.41, 5.74) is 10.2. The number of nitrogens with zero attached hydrogens (tertiary/aromatic N) is 6. The molecule has 1 amide bonds. The van der Waals surface area contributed by atoms with Crippen molar-refractivity contribution < 1.29 is 4.79 Å². The molecule has 8 nitrogen and oxygen atoms in total. The molecule has 9 heteroatoms. The number of anilines is 1. The van der Waals surface area contributed by atoms with E-state index in [-0.39, 0.29) is 5.92 Å². The van der Waals surface area contributed by atoms with E-state index in [9.17, 15) is 4.79 Å². The van der Waals surface area contributed by atoms with Gasteiger partial charge < -0.3 is 15.2 Å². The molecule has 3 aromatic rings. The molecule has 37 heavy (non-hydrogen) atoms. The van der Waals surface area contributed by atoms with Crippen LogP contribution in [-0.2, 0) is 11.3 Å². The van der Waals surface area contributed by atoms with Gasteiger partial charge in [-0.2, -0.15) is 0 Å². The predicted molar refractivity (Wildman–Crippen MR) is 149 cm³/mol. The number of imidazole rings is 1. The molecule has 4 heterocycles. The van der Waals surface area contributed by atoms with Crippen LogP contribution in [0.2, 0.25) is 0 Å². The maximum absolute atomic E-state index is 13.4. The van der Waals surface area contributed by atoms with Gasteiger partial charge in [-0.25, -0.2) is 15.0 Å². The fourth-order valence-corrected chi connectivity index (χ4v) is 6.57. The zero-order chi connectivity index (χ0) is 25.9. The van der Waals surface area contributed by atoms with Crippen LogP contribution in [0.3, 0.4) is 0 Å². The Balaban J connectivity index is 1.19. The van der Waals surface area contributed by atoms with Gasteiger partial charge >= 0.3 is 0 Å². The Bertz CT molecular complexity index is 1210. The lowest BCUT2D eigenvalue weighted by Gasteiger charge is -2.38. The second-order valence-electron chi connectivity index (χ2n) is 10.6. The topological polar surface area (TPSA) is 93.2 Å². The number of thioether (sulfide) groups is 1. The van der Waals surface area contributed by atoms with Crippen LogP contribution >= 0.6 is 11.8 Å². The van der Waals surface area contributed by atoms with Gasteiger partial charge in [0.2, 0.25) is 11.9 Å². The van der Waals surface area contributed by atoms with E-state index in [1.165, 1.54) is 11.1 Å². The number of aromatic nitrogens is 4. The van der Waals surface area contributed by atoms with Crippen molar-refractivity contribution in [3.8, 4) is 0 Å². The molecule has 2 N–H and O–H groups in total. The summed E-state index contributed by atoms with van der Waals surface area (Å²) in [4.78, 5) is 31.1. The Kier molecular flexibility index (Phi) is 8.00. The van der Waals surface area contributed by atoms with Crippen molar-refractivity contribution in [2.45, 2.75) is 75.9 Å². The van der Waals surface area contributed by atoms with Crippen molar-refractivity contribution in [3.63, 3.8) is 0 Å². The summed E-state index contributed by atoms with van der Waals surface area (Å²) < 4.78 is 2.47. The molecule has 0 spiro atoms. The van der Waals surface area contributed by atoms with E-state index in [4.69, 9.17) is 10.7 Å². The minimum absolute atomic E-state index is 0.129. The zero-order valence-corrected chi connectivity index (χ0v) is 23.1. The number of fused-ring (bicyclic) bond motifs is 1. The van der Waals surface area contributed by atoms with Crippen LogP contribution in [0.1, 0.15) is 63.1 Å². The maximum Gasteiger partial charge on any atom is 0.225 e. The zero-order valence-electron chi connectivity index (χ0n) is 22.3. The third-order valence-electron chi connectivity index (χ3n) is 7.90. The first-order chi connectivity index (χ1) is 17.9. The Morgan fingerprint density at radius 2 is 1.81 bits per heavy atom. The third-order valence-corrected chi connectivity index (χ3v) is 9.14. The molecule has 0 saturated carbocycles. The van der Waals surface area contributed by atoms with E-state index < -0.39 is 0 Å². The Labute approximate surface area is 224 Å². The van der Waals surface area contributed by atoms with Crippen molar-refractivity contribution in [2.75, 3.05) is 31.9 Å². The quantitative estimate of drug-likeness (QED) is 0.451. The Hall–Kier alpha value is -2.65. The highest BCUT2D eigenvalue weighted by atomic mass is 32.2. The third kappa shape index (κ3) is 5.93. The second-order valence-corrected chi connectivity index (χ2v) is 12.1. The smallest absolute Gasteiger partial charge is 0.225 e. The molecule has 2 aromatic heterocycles. The first-order valence-electron chi connectivity index (χ1n) is 13.6. The predicted octanol–water partition coefficient (Wildman–Crippen LogP) is 4.68. The van der Waals surface area contributed by atoms with Crippen LogP contribution in [0.4, 0.5) is 5.95 Å². The van der Waals surface area contributed by atoms with Crippen molar-refractivity contribution in [1.29, 1.82) is 0 Å². The summed E-state index contributed by atoms with van der Waals surface area (Å²) >= 11 is 1.88. The largest absolute Gasteiger partial charge is 0.368 e. The van der Waals surface area contributed by atoms with Crippen LogP contribution in [0, 0.1) is 12.8 Å². The Morgan fingerprint density at radius 3 is 2.49 bits per heavy atom. The average molecular weight is 522 g/mol. The van der Waals surface area contributed by atoms with E-state index in [0.717, 1.165) is 81.1 Å². The summed E-state index contributed by atoms with van der Waals surface area (Å²) in [5.74, 6) is 0.775. The van der Waals surface area contributed by atoms with Gasteiger partial charge in [-0.05, 0) is 69.8 Å². The summed E-state index contributed by atoms with van der Waals surface area (Å²) in [6, 6.07) is 6.98. The molecule has 2 aliphatic heterocycles. The Morgan fingerprint density at radius 1 is 1.11 bits per heavy atom. The van der Waals surface area contributed by atoms with Gasteiger partial charge in [-0.3, -0.25) is 9.69 Å². The van der Waals surface area contributed by atoms with E-state index in [2.05, 4.69) is 63.3 Å². The van der Waals surface area contributed by atoms with Crippen molar-refractivity contribution in [3.05, 3.63) is 41.7 Å². The molecule has 0 radical (unpaired) electrons. The number of aryl methyl sites for hydroxylation is 1. The highest BCUT2D eigenvalue weighted by Crippen LogP contribution is 2.36. The van der Waals surface area contributed by atoms with E-state index in [1.54, 1.807) is 12.4 Å². The van der Waals surface area contributed by atoms with Gasteiger partial charge in [0.25, 0.3) is 0 Å². The van der Waals surface area contributed by atoms with Crippen molar-refractivity contribution >= 4 is 34.7 Å². The number of likely N-dealkylation sites (tertiary alicyclic amines) is 2. The van der Waals surface area contributed by atoms with Gasteiger partial charge in [0.05, 0.1) is 11.0 Å². The summed E-state index contributed by atoms with van der Waals surface area (Å²) in [6.45, 7) is 10.9. The fraction of sp³-hybridized carbons (Fsp3) is 0.571. The lowest BCUT2D eigenvalue weighted by atomic mass is 9.93. The molecular formula is C28H39N7OS. The van der Waals surface area contributed by atoms with Crippen LogP contribution in [-0.4, -0.2) is 66.7 Å². The highest BCUT2D eigenvalue weighted by Gasteiger charge is 2.32. The fourth-order valence-electron chi connectivity index (χ4n) is 5.53. The monoisotopic (exact) mass is 521 g/mol. The molecule has 198 valence electrons. The number of nitrogens with two attached hydrogens (primary N) is 1. The summed E-state index contributed by atoms with van der Waals surface area (Å²) in [5, 5.41) is 1.65. The highest BCUT2D eigenvalue weighted by molar-refractivity contribution is 7.99. The molecular weight excluding hydrogens is 482 g/mol. The second kappa shape index (κ2) is 11.4. The van der Waals surface area contributed by atoms with Crippen LogP contribution < -0.4 is 5.73 Å². The van der Waals surface area contributed by atoms with Crippen LogP contribution in [0.5, 0.6) is 0 Å². The number of amides is 1. The molecule has 1 atom stereocenters. The number of carbonyl (C=O) groups is 1. The van der Waals surface area contributed by atoms with E-state index in [0.29, 0.717) is 23.1 Å². The molecule has 2 saturated heterocycles. The van der Waals surface area contributed by atoms with Gasteiger partial charge in [-0.1, -0.05) is 31.7 Å². The SMILES string of the molecule is CCC(C)Sc1nc2cc(C)ccc2n1C1CCN(C(=O)C2CCN(Cc3cnc(N)nc3)CC2)CC1. The standard InChI is InChI=1S/C28H39N7OS/c1-4-20(3)37-28-32-24-15-19(2)5-6-25(24)35(28)23-9-13-34(14-10-23)26(36)22-7-11-33(12-8-22)18-21-16-30-27(29)31-17-21/h5-6,15-17,20,22-23H,4,7-14,18H2,1-3H3,(H2,29,30,31). The number of rotatable bonds is 7. The minimum Gasteiger partial charge on any atom is -0.368 e. The summed E-state index contributed by atoms with van der Waals surface area (Å²) in [6.07, 6.45) is 8.49. The number of benzene rings is 1. The normalized spacial score (nSPS) is 18.9. The molecule has 0 bridgehead atoms. The lowest BCUT2D eigenvalue weighted by Crippen LogP contribution is -2.45. The molecule has 5 rings (SSSR count). The number of nitrogen functional groups attached to an aromatic ring is 1.